The molecule has 5 rings (SSSR count). The van der Waals surface area contributed by atoms with Crippen LogP contribution in [0, 0.1) is 0 Å². The van der Waals surface area contributed by atoms with Crippen molar-refractivity contribution in [2.75, 3.05) is 30.2 Å². The van der Waals surface area contributed by atoms with E-state index in [-0.39, 0.29) is 6.79 Å². The predicted molar refractivity (Wildman–Crippen MR) is 125 cm³/mol. The van der Waals surface area contributed by atoms with E-state index in [9.17, 15) is 8.42 Å². The number of ether oxygens (including phenoxy) is 3. The average Bonchev–Trinajstić information content (AvgIpc) is 3.19. The lowest BCUT2D eigenvalue weighted by molar-refractivity contribution is 0.174. The first-order chi connectivity index (χ1) is 15.3. The Hall–Kier alpha value is -3.43. The van der Waals surface area contributed by atoms with E-state index < -0.39 is 10.0 Å². The molecule has 0 unspecified atom stereocenters. The molecule has 0 amide bonds. The number of nitrogens with zero attached hydrogens (tertiary/aromatic N) is 1. The van der Waals surface area contributed by atoms with Gasteiger partial charge < -0.3 is 19.5 Å². The van der Waals surface area contributed by atoms with Crippen LogP contribution in [0.3, 0.4) is 0 Å². The van der Waals surface area contributed by atoms with Crippen molar-refractivity contribution in [3.05, 3.63) is 53.6 Å². The molecule has 4 aromatic rings. The molecule has 164 valence electrons. The van der Waals surface area contributed by atoms with E-state index in [0.717, 1.165) is 33.7 Å². The zero-order chi connectivity index (χ0) is 22.5. The van der Waals surface area contributed by atoms with Gasteiger partial charge in [-0.05, 0) is 36.4 Å². The first kappa shape index (κ1) is 20.5. The van der Waals surface area contributed by atoms with Crippen LogP contribution in [0.5, 0.6) is 17.2 Å². The third-order valence-corrected chi connectivity index (χ3v) is 5.84. The lowest BCUT2D eigenvalue weighted by atomic mass is 10.1. The Kier molecular flexibility index (Phi) is 4.87. The molecule has 1 aromatic heterocycles. The van der Waals surface area contributed by atoms with Crippen molar-refractivity contribution < 1.29 is 22.6 Å². The Morgan fingerprint density at radius 3 is 2.50 bits per heavy atom. The van der Waals surface area contributed by atoms with Gasteiger partial charge in [0, 0.05) is 27.9 Å². The minimum atomic E-state index is -3.42. The lowest BCUT2D eigenvalue weighted by Gasteiger charge is -2.17. The number of benzene rings is 3. The molecule has 1 aliphatic rings. The van der Waals surface area contributed by atoms with E-state index in [4.69, 9.17) is 30.8 Å². The molecule has 1 aliphatic heterocycles. The number of halogens is 1. The van der Waals surface area contributed by atoms with Gasteiger partial charge in [0.05, 0.1) is 41.5 Å². The average molecular weight is 472 g/mol. The van der Waals surface area contributed by atoms with Gasteiger partial charge in [0.15, 0.2) is 11.5 Å². The SMILES string of the molecule is COc1cc(NS(C)(=O)=O)ccc1Nc1c2cc(Cl)ccc2nc2cc3c(cc12)OCO3. The highest BCUT2D eigenvalue weighted by Gasteiger charge is 2.19. The number of pyridine rings is 1. The van der Waals surface area contributed by atoms with E-state index in [1.807, 2.05) is 24.3 Å². The van der Waals surface area contributed by atoms with Crippen LogP contribution in [0.15, 0.2) is 48.5 Å². The van der Waals surface area contributed by atoms with Crippen molar-refractivity contribution in [3.63, 3.8) is 0 Å². The van der Waals surface area contributed by atoms with E-state index >= 15 is 0 Å². The Labute approximate surface area is 189 Å². The van der Waals surface area contributed by atoms with Crippen LogP contribution in [0.1, 0.15) is 0 Å². The van der Waals surface area contributed by atoms with E-state index in [1.54, 1.807) is 24.3 Å². The molecule has 0 bridgehead atoms. The summed E-state index contributed by atoms with van der Waals surface area (Å²) in [6, 6.07) is 14.2. The summed E-state index contributed by atoms with van der Waals surface area (Å²) in [4.78, 5) is 4.75. The molecule has 8 nitrogen and oxygen atoms in total. The van der Waals surface area contributed by atoms with Gasteiger partial charge in [-0.3, -0.25) is 4.72 Å². The van der Waals surface area contributed by atoms with Crippen molar-refractivity contribution in [1.29, 1.82) is 0 Å². The zero-order valence-corrected chi connectivity index (χ0v) is 18.7. The van der Waals surface area contributed by atoms with E-state index in [0.29, 0.717) is 33.6 Å². The highest BCUT2D eigenvalue weighted by molar-refractivity contribution is 7.92. The Balaban J connectivity index is 1.69. The van der Waals surface area contributed by atoms with E-state index in [2.05, 4.69) is 10.0 Å². The van der Waals surface area contributed by atoms with Gasteiger partial charge >= 0.3 is 0 Å². The Morgan fingerprint density at radius 1 is 1.00 bits per heavy atom. The van der Waals surface area contributed by atoms with Gasteiger partial charge in [-0.1, -0.05) is 11.6 Å². The zero-order valence-electron chi connectivity index (χ0n) is 17.1. The van der Waals surface area contributed by atoms with Gasteiger partial charge in [0.1, 0.15) is 5.75 Å². The summed E-state index contributed by atoms with van der Waals surface area (Å²) in [6.07, 6.45) is 1.09. The molecule has 0 radical (unpaired) electrons. The van der Waals surface area contributed by atoms with Crippen molar-refractivity contribution >= 4 is 60.5 Å². The molecule has 3 aromatic carbocycles. The molecule has 0 aliphatic carbocycles. The lowest BCUT2D eigenvalue weighted by Crippen LogP contribution is -2.09. The number of aromatic nitrogens is 1. The third kappa shape index (κ3) is 3.80. The number of anilines is 3. The fraction of sp³-hybridized carbons (Fsp3) is 0.136. The maximum absolute atomic E-state index is 11.6. The number of hydrogen-bond donors (Lipinski definition) is 2. The smallest absolute Gasteiger partial charge is 0.231 e. The molecule has 0 atom stereocenters. The summed E-state index contributed by atoms with van der Waals surface area (Å²) in [5.41, 5.74) is 3.26. The second-order valence-corrected chi connectivity index (χ2v) is 9.47. The van der Waals surface area contributed by atoms with Crippen LogP contribution in [0.25, 0.3) is 21.8 Å². The summed E-state index contributed by atoms with van der Waals surface area (Å²) < 4.78 is 42.2. The van der Waals surface area contributed by atoms with Gasteiger partial charge in [-0.15, -0.1) is 0 Å². The van der Waals surface area contributed by atoms with Crippen molar-refractivity contribution in [1.82, 2.24) is 4.98 Å². The maximum Gasteiger partial charge on any atom is 0.231 e. The molecule has 2 heterocycles. The minimum absolute atomic E-state index is 0.155. The molecule has 32 heavy (non-hydrogen) atoms. The number of methoxy groups -OCH3 is 1. The second-order valence-electron chi connectivity index (χ2n) is 7.29. The molecular formula is C22H18ClN3O5S. The molecule has 0 fully saturated rings. The fourth-order valence-electron chi connectivity index (χ4n) is 3.65. The molecule has 10 heteroatoms. The fourth-order valence-corrected chi connectivity index (χ4v) is 4.37. The quantitative estimate of drug-likeness (QED) is 0.399. The number of sulfonamides is 1. The standard InChI is InChI=1S/C22H18ClN3O5S/c1-29-19-8-13(26-32(2,27)28)4-6-17(19)25-22-14-7-12(23)3-5-16(14)24-18-10-21-20(9-15(18)22)30-11-31-21/h3-10,26H,11H2,1-2H3,(H,24,25). The molecule has 0 spiro atoms. The first-order valence-corrected chi connectivity index (χ1v) is 11.8. The van der Waals surface area contributed by atoms with Crippen LogP contribution in [0.4, 0.5) is 17.1 Å². The summed E-state index contributed by atoms with van der Waals surface area (Å²) >= 11 is 6.29. The number of rotatable bonds is 5. The number of hydrogen-bond acceptors (Lipinski definition) is 7. The minimum Gasteiger partial charge on any atom is -0.494 e. The van der Waals surface area contributed by atoms with Gasteiger partial charge in [-0.2, -0.15) is 0 Å². The van der Waals surface area contributed by atoms with Crippen LogP contribution in [-0.2, 0) is 10.0 Å². The number of nitrogens with one attached hydrogen (secondary N) is 2. The topological polar surface area (TPSA) is 98.8 Å². The summed E-state index contributed by atoms with van der Waals surface area (Å²) in [6.45, 7) is 0.155. The highest BCUT2D eigenvalue weighted by atomic mass is 35.5. The summed E-state index contributed by atoms with van der Waals surface area (Å²) in [7, 11) is -1.90. The molecular weight excluding hydrogens is 454 g/mol. The van der Waals surface area contributed by atoms with Crippen LogP contribution in [0.2, 0.25) is 5.02 Å². The third-order valence-electron chi connectivity index (χ3n) is 4.99. The summed E-state index contributed by atoms with van der Waals surface area (Å²) in [5.74, 6) is 1.72. The Morgan fingerprint density at radius 2 is 1.75 bits per heavy atom. The largest absolute Gasteiger partial charge is 0.494 e. The predicted octanol–water partition coefficient (Wildman–Crippen LogP) is 4.89. The summed E-state index contributed by atoms with van der Waals surface area (Å²) in [5, 5.41) is 5.61. The van der Waals surface area contributed by atoms with Crippen LogP contribution in [-0.4, -0.2) is 33.6 Å². The van der Waals surface area contributed by atoms with Gasteiger partial charge in [-0.25, -0.2) is 13.4 Å². The molecule has 0 saturated heterocycles. The second kappa shape index (κ2) is 7.61. The highest BCUT2D eigenvalue weighted by Crippen LogP contribution is 2.42. The van der Waals surface area contributed by atoms with Crippen molar-refractivity contribution in [2.45, 2.75) is 0 Å². The van der Waals surface area contributed by atoms with Crippen molar-refractivity contribution in [2.24, 2.45) is 0 Å². The Bertz CT molecular complexity index is 1490. The maximum atomic E-state index is 11.6. The van der Waals surface area contributed by atoms with Crippen LogP contribution < -0.4 is 24.2 Å². The van der Waals surface area contributed by atoms with Crippen molar-refractivity contribution in [3.8, 4) is 17.2 Å². The van der Waals surface area contributed by atoms with Crippen LogP contribution >= 0.6 is 11.6 Å². The molecule has 0 saturated carbocycles. The monoisotopic (exact) mass is 471 g/mol. The number of fused-ring (bicyclic) bond motifs is 3. The van der Waals surface area contributed by atoms with Gasteiger partial charge in [0.2, 0.25) is 16.8 Å². The van der Waals surface area contributed by atoms with Gasteiger partial charge in [0.25, 0.3) is 0 Å². The molecule has 2 N–H and O–H groups in total. The normalized spacial score (nSPS) is 12.8. The van der Waals surface area contributed by atoms with E-state index in [1.165, 1.54) is 7.11 Å². The first-order valence-electron chi connectivity index (χ1n) is 9.56.